The van der Waals surface area contributed by atoms with Crippen molar-refractivity contribution in [1.82, 2.24) is 0 Å². The van der Waals surface area contributed by atoms with E-state index in [0.717, 1.165) is 5.92 Å². The monoisotopic (exact) mass is 430 g/mol. The average Bonchev–Trinajstić information content (AvgIpc) is 2.79. The highest BCUT2D eigenvalue weighted by atomic mass is 14.2. The van der Waals surface area contributed by atoms with Crippen LogP contribution in [0.3, 0.4) is 0 Å². The third-order valence-corrected chi connectivity index (χ3v) is 8.12. The number of allylic oxidation sites excluding steroid dienone is 2. The third kappa shape index (κ3) is 16.1. The molecule has 0 amide bonds. The van der Waals surface area contributed by atoms with E-state index in [-0.39, 0.29) is 0 Å². The van der Waals surface area contributed by atoms with E-state index in [1.54, 1.807) is 0 Å². The normalized spacial score (nSPS) is 24.8. The van der Waals surface area contributed by atoms with Crippen LogP contribution in [0.25, 0.3) is 0 Å². The van der Waals surface area contributed by atoms with Gasteiger partial charge in [-0.1, -0.05) is 153 Å². The summed E-state index contributed by atoms with van der Waals surface area (Å²) in [5.74, 6) is 0.891. The van der Waals surface area contributed by atoms with Gasteiger partial charge in [0.1, 0.15) is 0 Å². The minimum Gasteiger partial charge on any atom is -0.0822 e. The molecule has 0 heteroatoms. The Morgan fingerprint density at radius 1 is 0.323 bits per heavy atom. The first kappa shape index (κ1) is 27.0. The molecule has 0 atom stereocenters. The van der Waals surface area contributed by atoms with Crippen molar-refractivity contribution in [1.29, 1.82) is 0 Å². The summed E-state index contributed by atoms with van der Waals surface area (Å²) in [6, 6.07) is 0. The quantitative estimate of drug-likeness (QED) is 0.363. The van der Waals surface area contributed by atoms with E-state index in [1.165, 1.54) is 180 Å². The summed E-state index contributed by atoms with van der Waals surface area (Å²) < 4.78 is 0. The second-order valence-electron chi connectivity index (χ2n) is 11.1. The number of hydrogen-bond acceptors (Lipinski definition) is 0. The van der Waals surface area contributed by atoms with Gasteiger partial charge in [0.05, 0.1) is 0 Å². The zero-order valence-corrected chi connectivity index (χ0v) is 21.5. The first-order valence-corrected chi connectivity index (χ1v) is 15.1. The van der Waals surface area contributed by atoms with Crippen LogP contribution in [0.15, 0.2) is 11.6 Å². The van der Waals surface area contributed by atoms with Gasteiger partial charge in [0.15, 0.2) is 0 Å². The molecule has 2 fully saturated rings. The summed E-state index contributed by atoms with van der Waals surface area (Å²) in [6.45, 7) is 0. The fourth-order valence-corrected chi connectivity index (χ4v) is 5.99. The first-order chi connectivity index (χ1) is 15.4. The Labute approximate surface area is 197 Å². The van der Waals surface area contributed by atoms with Crippen molar-refractivity contribution >= 4 is 0 Å². The lowest BCUT2D eigenvalue weighted by Crippen LogP contribution is -2.00. The van der Waals surface area contributed by atoms with Crippen LogP contribution < -0.4 is 0 Å². The highest BCUT2D eigenvalue weighted by molar-refractivity contribution is 5.05. The van der Waals surface area contributed by atoms with Crippen LogP contribution >= 0.6 is 0 Å². The fraction of sp³-hybridized carbons (Fsp3) is 0.935. The molecule has 31 heavy (non-hydrogen) atoms. The van der Waals surface area contributed by atoms with Gasteiger partial charge in [-0.15, -0.1) is 0 Å². The molecule has 2 aliphatic rings. The summed E-state index contributed by atoms with van der Waals surface area (Å²) in [5.41, 5.74) is 1.86. The molecule has 0 aromatic rings. The Balaban J connectivity index is 1.85. The van der Waals surface area contributed by atoms with Crippen LogP contribution in [0.5, 0.6) is 0 Å². The van der Waals surface area contributed by atoms with Crippen LogP contribution in [0.4, 0.5) is 0 Å². The minimum absolute atomic E-state index is 0.891. The molecule has 2 rings (SSSR count). The predicted molar refractivity (Wildman–Crippen MR) is 141 cm³/mol. The molecule has 0 spiro atoms. The van der Waals surface area contributed by atoms with Gasteiger partial charge >= 0.3 is 0 Å². The molecule has 0 aliphatic heterocycles. The Hall–Kier alpha value is -0.260. The molecule has 0 aromatic heterocycles. The van der Waals surface area contributed by atoms with Crippen molar-refractivity contribution in [2.75, 3.05) is 0 Å². The van der Waals surface area contributed by atoms with Gasteiger partial charge in [0.25, 0.3) is 0 Å². The molecule has 0 radical (unpaired) electrons. The second-order valence-corrected chi connectivity index (χ2v) is 11.1. The lowest BCUT2D eigenvalue weighted by molar-refractivity contribution is 0.465. The van der Waals surface area contributed by atoms with E-state index < -0.39 is 0 Å². The van der Waals surface area contributed by atoms with E-state index in [4.69, 9.17) is 0 Å². The van der Waals surface area contributed by atoms with Gasteiger partial charge in [-0.05, 0) is 44.4 Å². The summed E-state index contributed by atoms with van der Waals surface area (Å²) in [6.07, 6.45) is 44.2. The molecule has 0 heterocycles. The molecule has 0 N–H and O–H groups in total. The summed E-state index contributed by atoms with van der Waals surface area (Å²) in [7, 11) is 0. The smallest absolute Gasteiger partial charge is 0.0231 e. The lowest BCUT2D eigenvalue weighted by Gasteiger charge is -2.17. The topological polar surface area (TPSA) is 0 Å². The van der Waals surface area contributed by atoms with Crippen molar-refractivity contribution in [2.45, 2.75) is 180 Å². The zero-order chi connectivity index (χ0) is 21.7. The maximum atomic E-state index is 2.83. The molecule has 182 valence electrons. The van der Waals surface area contributed by atoms with Crippen molar-refractivity contribution in [3.8, 4) is 0 Å². The Morgan fingerprint density at radius 3 is 0.903 bits per heavy atom. The van der Waals surface area contributed by atoms with Crippen LogP contribution in [0, 0.1) is 5.92 Å². The van der Waals surface area contributed by atoms with E-state index >= 15 is 0 Å². The van der Waals surface area contributed by atoms with E-state index in [1.807, 2.05) is 5.57 Å². The van der Waals surface area contributed by atoms with Crippen LogP contribution in [0.2, 0.25) is 0 Å². The minimum atomic E-state index is 0.891. The lowest BCUT2D eigenvalue weighted by atomic mass is 9.89. The SMILES string of the molecule is C(=C1CCCCCCCCCCCCCC1)C1CCCCCCCCCCCCCC1. The zero-order valence-electron chi connectivity index (χ0n) is 21.5. The van der Waals surface area contributed by atoms with Crippen molar-refractivity contribution in [2.24, 2.45) is 5.92 Å². The third-order valence-electron chi connectivity index (χ3n) is 8.12. The summed E-state index contributed by atoms with van der Waals surface area (Å²) in [4.78, 5) is 0. The summed E-state index contributed by atoms with van der Waals surface area (Å²) >= 11 is 0. The second kappa shape index (κ2) is 20.4. The van der Waals surface area contributed by atoms with Crippen molar-refractivity contribution < 1.29 is 0 Å². The maximum absolute atomic E-state index is 2.83. The Morgan fingerprint density at radius 2 is 0.581 bits per heavy atom. The van der Waals surface area contributed by atoms with Gasteiger partial charge in [0, 0.05) is 0 Å². The van der Waals surface area contributed by atoms with Crippen LogP contribution in [-0.4, -0.2) is 0 Å². The number of hydrogen-bond donors (Lipinski definition) is 0. The van der Waals surface area contributed by atoms with Gasteiger partial charge in [-0.2, -0.15) is 0 Å². The molecule has 0 unspecified atom stereocenters. The van der Waals surface area contributed by atoms with Gasteiger partial charge in [0.2, 0.25) is 0 Å². The highest BCUT2D eigenvalue weighted by Crippen LogP contribution is 2.27. The average molecular weight is 431 g/mol. The summed E-state index contributed by atoms with van der Waals surface area (Å²) in [5, 5.41) is 0. The van der Waals surface area contributed by atoms with Crippen LogP contribution in [-0.2, 0) is 0 Å². The molecule has 0 aromatic carbocycles. The molecule has 2 saturated carbocycles. The van der Waals surface area contributed by atoms with Crippen molar-refractivity contribution in [3.05, 3.63) is 11.6 Å². The Bertz CT molecular complexity index is 372. The molecular weight excluding hydrogens is 372 g/mol. The number of rotatable bonds is 1. The van der Waals surface area contributed by atoms with Crippen molar-refractivity contribution in [3.63, 3.8) is 0 Å². The van der Waals surface area contributed by atoms with Gasteiger partial charge in [-0.3, -0.25) is 0 Å². The van der Waals surface area contributed by atoms with Crippen LogP contribution in [0.1, 0.15) is 180 Å². The predicted octanol–water partition coefficient (Wildman–Crippen LogP) is 11.5. The molecule has 0 nitrogen and oxygen atoms in total. The molecule has 2 aliphatic carbocycles. The van der Waals surface area contributed by atoms with E-state index in [9.17, 15) is 0 Å². The molecule has 0 bridgehead atoms. The molecular formula is C31H58. The largest absolute Gasteiger partial charge is 0.0822 e. The van der Waals surface area contributed by atoms with E-state index in [2.05, 4.69) is 6.08 Å². The Kier molecular flexibility index (Phi) is 17.7. The van der Waals surface area contributed by atoms with E-state index in [0.29, 0.717) is 0 Å². The molecule has 0 saturated heterocycles. The standard InChI is InChI=1S/C31H58/c1-2-6-10-14-18-22-26-30(25-21-17-13-9-5-1)29-31-27-23-19-15-11-7-3-4-8-12-16-20-24-28-31/h29-30H,1-28H2. The fourth-order valence-electron chi connectivity index (χ4n) is 5.99. The maximum Gasteiger partial charge on any atom is -0.0231 e. The van der Waals surface area contributed by atoms with Gasteiger partial charge in [-0.25, -0.2) is 0 Å². The van der Waals surface area contributed by atoms with Gasteiger partial charge < -0.3 is 0 Å². The highest BCUT2D eigenvalue weighted by Gasteiger charge is 2.09. The first-order valence-electron chi connectivity index (χ1n) is 15.1.